The van der Waals surface area contributed by atoms with Crippen molar-refractivity contribution in [2.24, 2.45) is 0 Å². The highest BCUT2D eigenvalue weighted by atomic mass is 16.5. The third-order valence-electron chi connectivity index (χ3n) is 2.82. The minimum atomic E-state index is 0.402. The molecule has 1 aliphatic heterocycles. The maximum Gasteiger partial charge on any atom is 0.0700 e. The minimum absolute atomic E-state index is 0.402. The number of nitrogens with one attached hydrogen (secondary N) is 1. The van der Waals surface area contributed by atoms with Crippen LogP contribution in [0.15, 0.2) is 12.2 Å². The summed E-state index contributed by atoms with van der Waals surface area (Å²) in [6.07, 6.45) is 8.62. The Hall–Kier alpha value is -0.340. The molecule has 1 heterocycles. The van der Waals surface area contributed by atoms with Crippen LogP contribution in [0.4, 0.5) is 0 Å². The summed E-state index contributed by atoms with van der Waals surface area (Å²) in [5.41, 5.74) is 0. The molecule has 0 bridgehead atoms. The van der Waals surface area contributed by atoms with Crippen LogP contribution in [0.5, 0.6) is 0 Å². The molecule has 0 aromatic carbocycles. The summed E-state index contributed by atoms with van der Waals surface area (Å²) in [7, 11) is 0. The molecule has 1 N–H and O–H groups in total. The summed E-state index contributed by atoms with van der Waals surface area (Å²) in [6.45, 7) is 3.08. The van der Waals surface area contributed by atoms with Crippen LogP contribution in [0.2, 0.25) is 0 Å². The Balaban J connectivity index is 1.81. The van der Waals surface area contributed by atoms with Crippen molar-refractivity contribution in [2.75, 3.05) is 6.61 Å². The van der Waals surface area contributed by atoms with Crippen LogP contribution in [-0.2, 0) is 4.74 Å². The number of ether oxygens (including phenoxy) is 1. The van der Waals surface area contributed by atoms with E-state index in [0.29, 0.717) is 18.2 Å². The highest BCUT2D eigenvalue weighted by molar-refractivity contribution is 5.02. The summed E-state index contributed by atoms with van der Waals surface area (Å²) >= 11 is 0. The van der Waals surface area contributed by atoms with Gasteiger partial charge >= 0.3 is 0 Å². The second-order valence-corrected chi connectivity index (χ2v) is 3.75. The van der Waals surface area contributed by atoms with Gasteiger partial charge in [-0.25, -0.2) is 0 Å². The summed E-state index contributed by atoms with van der Waals surface area (Å²) in [5, 5.41) is 3.62. The van der Waals surface area contributed by atoms with E-state index in [1.807, 2.05) is 0 Å². The van der Waals surface area contributed by atoms with E-state index in [-0.39, 0.29) is 0 Å². The number of rotatable bonds is 2. The van der Waals surface area contributed by atoms with Crippen LogP contribution >= 0.6 is 0 Å². The van der Waals surface area contributed by atoms with Crippen LogP contribution in [0.1, 0.15) is 26.2 Å². The fourth-order valence-electron chi connectivity index (χ4n) is 2.00. The maximum absolute atomic E-state index is 5.49. The monoisotopic (exact) mass is 167 g/mol. The average molecular weight is 167 g/mol. The van der Waals surface area contributed by atoms with Gasteiger partial charge in [-0.15, -0.1) is 0 Å². The standard InChI is InChI=1S/C10H17NO/c1-8-10(6-7-12-8)11-9-4-2-3-5-9/h2,4,8-11H,3,5-7H2,1H3. The van der Waals surface area contributed by atoms with E-state index in [0.717, 1.165) is 6.61 Å². The molecule has 1 aliphatic carbocycles. The lowest BCUT2D eigenvalue weighted by atomic mass is 10.1. The highest BCUT2D eigenvalue weighted by Gasteiger charge is 2.25. The molecule has 0 radical (unpaired) electrons. The fraction of sp³-hybridized carbons (Fsp3) is 0.800. The lowest BCUT2D eigenvalue weighted by molar-refractivity contribution is 0.112. The Morgan fingerprint density at radius 2 is 2.33 bits per heavy atom. The third-order valence-corrected chi connectivity index (χ3v) is 2.82. The van der Waals surface area contributed by atoms with Crippen LogP contribution in [0, 0.1) is 0 Å². The van der Waals surface area contributed by atoms with Crippen molar-refractivity contribution in [3.63, 3.8) is 0 Å². The zero-order valence-electron chi connectivity index (χ0n) is 7.62. The highest BCUT2D eigenvalue weighted by Crippen LogP contribution is 2.16. The number of allylic oxidation sites excluding steroid dienone is 1. The van der Waals surface area contributed by atoms with Gasteiger partial charge in [0.05, 0.1) is 6.10 Å². The first-order valence-electron chi connectivity index (χ1n) is 4.90. The van der Waals surface area contributed by atoms with Crippen molar-refractivity contribution in [1.29, 1.82) is 0 Å². The molecule has 0 saturated carbocycles. The molecular formula is C10H17NO. The second kappa shape index (κ2) is 3.58. The first kappa shape index (κ1) is 8.27. The van der Waals surface area contributed by atoms with E-state index in [9.17, 15) is 0 Å². The Morgan fingerprint density at radius 3 is 2.92 bits per heavy atom. The van der Waals surface area contributed by atoms with Crippen LogP contribution in [0.3, 0.4) is 0 Å². The molecule has 0 amide bonds. The van der Waals surface area contributed by atoms with Crippen molar-refractivity contribution in [2.45, 2.75) is 44.4 Å². The fourth-order valence-corrected chi connectivity index (χ4v) is 2.00. The van der Waals surface area contributed by atoms with E-state index in [4.69, 9.17) is 4.74 Å². The van der Waals surface area contributed by atoms with Gasteiger partial charge in [-0.3, -0.25) is 0 Å². The van der Waals surface area contributed by atoms with E-state index in [2.05, 4.69) is 24.4 Å². The summed E-state index contributed by atoms with van der Waals surface area (Å²) < 4.78 is 5.49. The van der Waals surface area contributed by atoms with Crippen molar-refractivity contribution in [3.05, 3.63) is 12.2 Å². The van der Waals surface area contributed by atoms with Gasteiger partial charge in [0.15, 0.2) is 0 Å². The van der Waals surface area contributed by atoms with Gasteiger partial charge in [-0.1, -0.05) is 12.2 Å². The summed E-state index contributed by atoms with van der Waals surface area (Å²) in [4.78, 5) is 0. The zero-order valence-corrected chi connectivity index (χ0v) is 7.62. The lowest BCUT2D eigenvalue weighted by Gasteiger charge is -2.19. The molecule has 1 fully saturated rings. The Labute approximate surface area is 74.0 Å². The average Bonchev–Trinajstić information content (AvgIpc) is 2.65. The smallest absolute Gasteiger partial charge is 0.0700 e. The number of hydrogen-bond acceptors (Lipinski definition) is 2. The van der Waals surface area contributed by atoms with Gasteiger partial charge in [-0.2, -0.15) is 0 Å². The molecule has 3 atom stereocenters. The van der Waals surface area contributed by atoms with Crippen LogP contribution in [-0.4, -0.2) is 24.8 Å². The van der Waals surface area contributed by atoms with Gasteiger partial charge in [0.25, 0.3) is 0 Å². The molecule has 1 saturated heterocycles. The predicted octanol–water partition coefficient (Wildman–Crippen LogP) is 1.47. The maximum atomic E-state index is 5.49. The summed E-state index contributed by atoms with van der Waals surface area (Å²) in [6, 6.07) is 1.19. The molecule has 3 unspecified atom stereocenters. The Morgan fingerprint density at radius 1 is 1.42 bits per heavy atom. The lowest BCUT2D eigenvalue weighted by Crippen LogP contribution is -2.40. The molecule has 0 aromatic heterocycles. The quantitative estimate of drug-likeness (QED) is 0.629. The van der Waals surface area contributed by atoms with E-state index < -0.39 is 0 Å². The van der Waals surface area contributed by atoms with Gasteiger partial charge in [0.2, 0.25) is 0 Å². The molecule has 2 heteroatoms. The van der Waals surface area contributed by atoms with E-state index in [1.54, 1.807) is 0 Å². The molecule has 0 spiro atoms. The minimum Gasteiger partial charge on any atom is -0.377 e. The molecule has 0 aromatic rings. The Kier molecular flexibility index (Phi) is 2.47. The van der Waals surface area contributed by atoms with Gasteiger partial charge < -0.3 is 10.1 Å². The van der Waals surface area contributed by atoms with Crippen molar-refractivity contribution >= 4 is 0 Å². The first-order chi connectivity index (χ1) is 5.86. The van der Waals surface area contributed by atoms with Crippen molar-refractivity contribution in [1.82, 2.24) is 5.32 Å². The third kappa shape index (κ3) is 1.70. The topological polar surface area (TPSA) is 21.3 Å². The van der Waals surface area contributed by atoms with Crippen LogP contribution < -0.4 is 5.32 Å². The molecular weight excluding hydrogens is 150 g/mol. The van der Waals surface area contributed by atoms with Crippen molar-refractivity contribution < 1.29 is 4.74 Å². The number of hydrogen-bond donors (Lipinski definition) is 1. The summed E-state index contributed by atoms with van der Waals surface area (Å²) in [5.74, 6) is 0. The van der Waals surface area contributed by atoms with E-state index in [1.165, 1.54) is 19.3 Å². The second-order valence-electron chi connectivity index (χ2n) is 3.75. The van der Waals surface area contributed by atoms with Gasteiger partial charge in [-0.05, 0) is 26.2 Å². The molecule has 12 heavy (non-hydrogen) atoms. The van der Waals surface area contributed by atoms with Gasteiger partial charge in [0, 0.05) is 18.7 Å². The molecule has 2 rings (SSSR count). The Bertz CT molecular complexity index is 179. The van der Waals surface area contributed by atoms with Crippen LogP contribution in [0.25, 0.3) is 0 Å². The largest absolute Gasteiger partial charge is 0.377 e. The normalized spacial score (nSPS) is 40.9. The SMILES string of the molecule is CC1OCCC1NC1C=CCC1. The molecule has 2 aliphatic rings. The predicted molar refractivity (Wildman–Crippen MR) is 49.1 cm³/mol. The first-order valence-corrected chi connectivity index (χ1v) is 4.90. The van der Waals surface area contributed by atoms with E-state index >= 15 is 0 Å². The zero-order chi connectivity index (χ0) is 8.39. The van der Waals surface area contributed by atoms with Gasteiger partial charge in [0.1, 0.15) is 0 Å². The molecule has 2 nitrogen and oxygen atoms in total. The van der Waals surface area contributed by atoms with Crippen molar-refractivity contribution in [3.8, 4) is 0 Å². The molecule has 68 valence electrons.